The zero-order chi connectivity index (χ0) is 20.6. The van der Waals surface area contributed by atoms with E-state index in [9.17, 15) is 8.42 Å². The topological polar surface area (TPSA) is 105 Å². The smallest absolute Gasteiger partial charge is 0.246 e. The molecule has 3 aromatic rings. The molecule has 0 spiro atoms. The minimum atomic E-state index is -3.64. The SMILES string of the molecule is Cc1n[nH]c(C)c1S(=O)(=O)N1CCC[C@@H](c2nc(Cc3ccccc3Cl)no2)C1. The minimum Gasteiger partial charge on any atom is -0.339 e. The Balaban J connectivity index is 1.52. The molecule has 1 aromatic carbocycles. The number of nitrogens with one attached hydrogen (secondary N) is 1. The van der Waals surface area contributed by atoms with Gasteiger partial charge < -0.3 is 4.52 Å². The van der Waals surface area contributed by atoms with E-state index in [2.05, 4.69) is 20.3 Å². The molecule has 0 aliphatic carbocycles. The third-order valence-electron chi connectivity index (χ3n) is 5.18. The van der Waals surface area contributed by atoms with Crippen molar-refractivity contribution in [2.24, 2.45) is 0 Å². The lowest BCUT2D eigenvalue weighted by Crippen LogP contribution is -2.39. The number of aryl methyl sites for hydroxylation is 2. The highest BCUT2D eigenvalue weighted by molar-refractivity contribution is 7.89. The number of rotatable bonds is 5. The van der Waals surface area contributed by atoms with Crippen molar-refractivity contribution in [3.8, 4) is 0 Å². The van der Waals surface area contributed by atoms with Gasteiger partial charge in [-0.05, 0) is 38.3 Å². The summed E-state index contributed by atoms with van der Waals surface area (Å²) in [5.74, 6) is 0.862. The van der Waals surface area contributed by atoms with Crippen molar-refractivity contribution in [2.45, 2.75) is 43.9 Å². The summed E-state index contributed by atoms with van der Waals surface area (Å²) < 4.78 is 33.2. The van der Waals surface area contributed by atoms with E-state index >= 15 is 0 Å². The summed E-state index contributed by atoms with van der Waals surface area (Å²) >= 11 is 6.21. The van der Waals surface area contributed by atoms with Crippen LogP contribution in [0, 0.1) is 13.8 Å². The fraction of sp³-hybridized carbons (Fsp3) is 0.421. The molecule has 1 N–H and O–H groups in total. The monoisotopic (exact) mass is 435 g/mol. The molecule has 154 valence electrons. The van der Waals surface area contributed by atoms with Crippen LogP contribution in [0.5, 0.6) is 0 Å². The van der Waals surface area contributed by atoms with Crippen molar-refractivity contribution >= 4 is 21.6 Å². The Labute approximate surface area is 174 Å². The van der Waals surface area contributed by atoms with Gasteiger partial charge in [0.15, 0.2) is 5.82 Å². The number of sulfonamides is 1. The number of aromatic nitrogens is 4. The van der Waals surface area contributed by atoms with Crippen LogP contribution < -0.4 is 0 Å². The lowest BCUT2D eigenvalue weighted by molar-refractivity contribution is 0.265. The van der Waals surface area contributed by atoms with E-state index in [-0.39, 0.29) is 10.8 Å². The fourth-order valence-electron chi connectivity index (χ4n) is 3.73. The number of H-pyrrole nitrogens is 1. The second-order valence-corrected chi connectivity index (χ2v) is 9.56. The van der Waals surface area contributed by atoms with Crippen molar-refractivity contribution in [1.29, 1.82) is 0 Å². The highest BCUT2D eigenvalue weighted by Gasteiger charge is 2.35. The summed E-state index contributed by atoms with van der Waals surface area (Å²) in [5, 5.41) is 11.5. The highest BCUT2D eigenvalue weighted by atomic mass is 35.5. The minimum absolute atomic E-state index is 0.140. The molecule has 0 unspecified atom stereocenters. The summed E-state index contributed by atoms with van der Waals surface area (Å²) in [4.78, 5) is 4.76. The first-order valence-electron chi connectivity index (χ1n) is 9.44. The van der Waals surface area contributed by atoms with Crippen LogP contribution in [0.4, 0.5) is 0 Å². The van der Waals surface area contributed by atoms with Gasteiger partial charge in [-0.15, -0.1) is 0 Å². The number of nitrogens with zero attached hydrogens (tertiary/aromatic N) is 4. The van der Waals surface area contributed by atoms with E-state index in [1.54, 1.807) is 13.8 Å². The fourth-order valence-corrected chi connectivity index (χ4v) is 5.79. The lowest BCUT2D eigenvalue weighted by Gasteiger charge is -2.30. The van der Waals surface area contributed by atoms with E-state index in [1.165, 1.54) is 4.31 Å². The third kappa shape index (κ3) is 3.94. The van der Waals surface area contributed by atoms with Crippen molar-refractivity contribution in [3.05, 3.63) is 58.0 Å². The zero-order valence-electron chi connectivity index (χ0n) is 16.2. The summed E-state index contributed by atoms with van der Waals surface area (Å²) in [6.07, 6.45) is 1.98. The van der Waals surface area contributed by atoms with E-state index in [4.69, 9.17) is 16.1 Å². The van der Waals surface area contributed by atoms with E-state index in [0.717, 1.165) is 18.4 Å². The van der Waals surface area contributed by atoms with Gasteiger partial charge in [0.05, 0.1) is 17.3 Å². The Kier molecular flexibility index (Phi) is 5.46. The van der Waals surface area contributed by atoms with Crippen LogP contribution in [0.3, 0.4) is 0 Å². The van der Waals surface area contributed by atoms with Gasteiger partial charge in [-0.2, -0.15) is 14.4 Å². The normalized spacial score (nSPS) is 18.2. The number of aromatic amines is 1. The van der Waals surface area contributed by atoms with Crippen LogP contribution in [-0.2, 0) is 16.4 Å². The molecule has 1 saturated heterocycles. The maximum Gasteiger partial charge on any atom is 0.246 e. The van der Waals surface area contributed by atoms with Gasteiger partial charge in [0.1, 0.15) is 4.90 Å². The van der Waals surface area contributed by atoms with Gasteiger partial charge in [-0.3, -0.25) is 5.10 Å². The van der Waals surface area contributed by atoms with Crippen LogP contribution in [-0.4, -0.2) is 46.2 Å². The maximum absolute atomic E-state index is 13.1. The Hall–Kier alpha value is -2.23. The molecule has 1 fully saturated rings. The molecule has 0 bridgehead atoms. The largest absolute Gasteiger partial charge is 0.339 e. The first-order chi connectivity index (χ1) is 13.9. The average molecular weight is 436 g/mol. The summed E-state index contributed by atoms with van der Waals surface area (Å²) in [5.41, 5.74) is 1.94. The average Bonchev–Trinajstić information content (AvgIpc) is 3.30. The molecular weight excluding hydrogens is 414 g/mol. The molecule has 10 heteroatoms. The van der Waals surface area contributed by atoms with Crippen LogP contribution >= 0.6 is 11.6 Å². The molecular formula is C19H22ClN5O3S. The maximum atomic E-state index is 13.1. The number of hydrogen-bond acceptors (Lipinski definition) is 6. The molecule has 29 heavy (non-hydrogen) atoms. The Bertz CT molecular complexity index is 1110. The molecule has 3 heterocycles. The van der Waals surface area contributed by atoms with Crippen molar-refractivity contribution < 1.29 is 12.9 Å². The van der Waals surface area contributed by atoms with Gasteiger partial charge in [0, 0.05) is 24.5 Å². The Morgan fingerprint density at radius 1 is 1.31 bits per heavy atom. The second-order valence-electron chi connectivity index (χ2n) is 7.28. The summed E-state index contributed by atoms with van der Waals surface area (Å²) in [6, 6.07) is 7.52. The first kappa shape index (κ1) is 20.1. The molecule has 8 nitrogen and oxygen atoms in total. The van der Waals surface area contributed by atoms with Crippen LogP contribution in [0.1, 0.15) is 47.4 Å². The van der Waals surface area contributed by atoms with Crippen molar-refractivity contribution in [3.63, 3.8) is 0 Å². The van der Waals surface area contributed by atoms with Gasteiger partial charge in [-0.25, -0.2) is 8.42 Å². The van der Waals surface area contributed by atoms with Gasteiger partial charge in [0.25, 0.3) is 0 Å². The number of halogens is 1. The number of benzene rings is 1. The van der Waals surface area contributed by atoms with E-state index in [0.29, 0.717) is 47.6 Å². The predicted octanol–water partition coefficient (Wildman–Crippen LogP) is 3.22. The molecule has 4 rings (SSSR count). The number of piperidine rings is 1. The first-order valence-corrected chi connectivity index (χ1v) is 11.3. The van der Waals surface area contributed by atoms with Crippen LogP contribution in [0.15, 0.2) is 33.7 Å². The van der Waals surface area contributed by atoms with Crippen LogP contribution in [0.25, 0.3) is 0 Å². The van der Waals surface area contributed by atoms with Crippen LogP contribution in [0.2, 0.25) is 5.02 Å². The number of hydrogen-bond donors (Lipinski definition) is 1. The summed E-state index contributed by atoms with van der Waals surface area (Å²) in [6.45, 7) is 4.17. The summed E-state index contributed by atoms with van der Waals surface area (Å²) in [7, 11) is -3.64. The van der Waals surface area contributed by atoms with Gasteiger partial charge in [0.2, 0.25) is 15.9 Å². The molecule has 1 aliphatic heterocycles. The Morgan fingerprint density at radius 3 is 2.83 bits per heavy atom. The van der Waals surface area contributed by atoms with Gasteiger partial charge in [-0.1, -0.05) is 35.0 Å². The standard InChI is InChI=1S/C19H22ClN5O3S/c1-12-18(13(2)23-22-12)29(26,27)25-9-5-7-15(11-25)19-21-17(24-28-19)10-14-6-3-4-8-16(14)20/h3-4,6,8,15H,5,7,9-11H2,1-2H3,(H,22,23)/t15-/m1/s1. The molecule has 1 aliphatic rings. The molecule has 0 saturated carbocycles. The second kappa shape index (κ2) is 7.89. The van der Waals surface area contributed by atoms with Crippen molar-refractivity contribution in [1.82, 2.24) is 24.6 Å². The van der Waals surface area contributed by atoms with Gasteiger partial charge >= 0.3 is 0 Å². The Morgan fingerprint density at radius 2 is 2.10 bits per heavy atom. The molecule has 0 radical (unpaired) electrons. The molecule has 2 aromatic heterocycles. The van der Waals surface area contributed by atoms with Crippen molar-refractivity contribution in [2.75, 3.05) is 13.1 Å². The quantitative estimate of drug-likeness (QED) is 0.659. The highest BCUT2D eigenvalue weighted by Crippen LogP contribution is 2.31. The zero-order valence-corrected chi connectivity index (χ0v) is 17.8. The third-order valence-corrected chi connectivity index (χ3v) is 7.68. The lowest BCUT2D eigenvalue weighted by atomic mass is 10.00. The molecule has 1 atom stereocenters. The van der Waals surface area contributed by atoms with E-state index in [1.807, 2.05) is 24.3 Å². The predicted molar refractivity (Wildman–Crippen MR) is 107 cm³/mol. The van der Waals surface area contributed by atoms with E-state index < -0.39 is 10.0 Å². The molecule has 0 amide bonds.